The van der Waals surface area contributed by atoms with Crippen LogP contribution in [0.2, 0.25) is 0 Å². The van der Waals surface area contributed by atoms with Crippen LogP contribution in [0.5, 0.6) is 11.5 Å². The lowest BCUT2D eigenvalue weighted by molar-refractivity contribution is -0.136. The molecule has 0 amide bonds. The molecule has 2 N–H and O–H groups in total. The number of ether oxygens (including phenoxy) is 1. The van der Waals surface area contributed by atoms with E-state index in [2.05, 4.69) is 4.74 Å². The van der Waals surface area contributed by atoms with Gasteiger partial charge < -0.3 is 14.9 Å². The zero-order valence-corrected chi connectivity index (χ0v) is 8.19. The number of hydrogen-bond acceptors (Lipinski definition) is 3. The summed E-state index contributed by atoms with van der Waals surface area (Å²) in [5, 5.41) is 17.6. The summed E-state index contributed by atoms with van der Waals surface area (Å²) >= 11 is 0. The van der Waals surface area contributed by atoms with Crippen LogP contribution in [0.4, 0.5) is 8.78 Å². The lowest BCUT2D eigenvalue weighted by Gasteiger charge is -2.10. The number of rotatable bonds is 5. The molecule has 1 rings (SSSR count). The van der Waals surface area contributed by atoms with Gasteiger partial charge in [0, 0.05) is 6.42 Å². The lowest BCUT2D eigenvalue weighted by Crippen LogP contribution is -2.05. The van der Waals surface area contributed by atoms with E-state index >= 15 is 0 Å². The Kier molecular flexibility index (Phi) is 4.04. The van der Waals surface area contributed by atoms with Crippen molar-refractivity contribution in [3.63, 3.8) is 0 Å². The number of aliphatic carboxylic acids is 1. The Labute approximate surface area is 90.1 Å². The second-order valence-electron chi connectivity index (χ2n) is 3.06. The van der Waals surface area contributed by atoms with Crippen LogP contribution in [0.25, 0.3) is 0 Å². The number of halogens is 2. The Morgan fingerprint density at radius 1 is 1.44 bits per heavy atom. The van der Waals surface area contributed by atoms with Crippen molar-refractivity contribution in [2.24, 2.45) is 0 Å². The first-order valence-electron chi connectivity index (χ1n) is 4.47. The molecule has 0 bridgehead atoms. The number of phenolic OH excluding ortho intramolecular Hbond substituents is 1. The summed E-state index contributed by atoms with van der Waals surface area (Å²) in [7, 11) is 0. The minimum atomic E-state index is -2.98. The van der Waals surface area contributed by atoms with Crippen LogP contribution in [0.3, 0.4) is 0 Å². The Morgan fingerprint density at radius 2 is 2.12 bits per heavy atom. The topological polar surface area (TPSA) is 66.8 Å². The molecule has 0 aromatic heterocycles. The number of aryl methyl sites for hydroxylation is 1. The molecule has 0 heterocycles. The zero-order chi connectivity index (χ0) is 12.1. The minimum absolute atomic E-state index is 0.0196. The number of aromatic hydroxyl groups is 1. The standard InChI is InChI=1S/C10H10F2O4/c11-10(12)16-8-3-2-7(13)5-6(8)1-4-9(14)15/h2-3,5,10,13H,1,4H2,(H,14,15). The maximum atomic E-state index is 12.0. The second-order valence-corrected chi connectivity index (χ2v) is 3.06. The van der Waals surface area contributed by atoms with Gasteiger partial charge in [0.15, 0.2) is 0 Å². The van der Waals surface area contributed by atoms with Crippen LogP contribution < -0.4 is 4.74 Å². The number of carboxylic acids is 1. The van der Waals surface area contributed by atoms with Crippen molar-refractivity contribution in [1.82, 2.24) is 0 Å². The molecule has 1 aromatic rings. The number of carboxylic acid groups (broad SMARTS) is 1. The van der Waals surface area contributed by atoms with Crippen molar-refractivity contribution in [3.8, 4) is 11.5 Å². The molecule has 16 heavy (non-hydrogen) atoms. The first-order valence-corrected chi connectivity index (χ1v) is 4.47. The van der Waals surface area contributed by atoms with Gasteiger partial charge in [0.1, 0.15) is 11.5 Å². The van der Waals surface area contributed by atoms with Crippen LogP contribution in [0, 0.1) is 0 Å². The molecule has 0 aliphatic heterocycles. The molecule has 0 aliphatic rings. The molecule has 0 aliphatic carbocycles. The van der Waals surface area contributed by atoms with Crippen molar-refractivity contribution in [1.29, 1.82) is 0 Å². The summed E-state index contributed by atoms with van der Waals surface area (Å²) in [4.78, 5) is 10.3. The third kappa shape index (κ3) is 3.72. The van der Waals surface area contributed by atoms with Gasteiger partial charge >= 0.3 is 12.6 Å². The largest absolute Gasteiger partial charge is 0.508 e. The van der Waals surface area contributed by atoms with Crippen LogP contribution in [0.1, 0.15) is 12.0 Å². The normalized spacial score (nSPS) is 10.4. The average Bonchev–Trinajstić information content (AvgIpc) is 2.17. The monoisotopic (exact) mass is 232 g/mol. The predicted octanol–water partition coefficient (Wildman–Crippen LogP) is 2.01. The average molecular weight is 232 g/mol. The number of alkyl halides is 2. The van der Waals surface area contributed by atoms with Crippen molar-refractivity contribution in [3.05, 3.63) is 23.8 Å². The Bertz CT molecular complexity index is 379. The van der Waals surface area contributed by atoms with E-state index in [1.165, 1.54) is 18.2 Å². The zero-order valence-electron chi connectivity index (χ0n) is 8.19. The quantitative estimate of drug-likeness (QED) is 0.814. The van der Waals surface area contributed by atoms with Crippen LogP contribution in [-0.2, 0) is 11.2 Å². The molecule has 1 aromatic carbocycles. The van der Waals surface area contributed by atoms with Crippen LogP contribution in [-0.4, -0.2) is 22.8 Å². The number of hydrogen-bond donors (Lipinski definition) is 2. The molecule has 0 fully saturated rings. The fraction of sp³-hybridized carbons (Fsp3) is 0.300. The molecule has 0 saturated carbocycles. The highest BCUT2D eigenvalue weighted by Gasteiger charge is 2.11. The van der Waals surface area contributed by atoms with Gasteiger partial charge in [-0.25, -0.2) is 0 Å². The molecule has 0 saturated heterocycles. The fourth-order valence-electron chi connectivity index (χ4n) is 1.21. The minimum Gasteiger partial charge on any atom is -0.508 e. The summed E-state index contributed by atoms with van der Waals surface area (Å²) in [6.07, 6.45) is -0.200. The predicted molar refractivity (Wildman–Crippen MR) is 50.7 cm³/mol. The highest BCUT2D eigenvalue weighted by atomic mass is 19.3. The van der Waals surface area contributed by atoms with Crippen LogP contribution in [0.15, 0.2) is 18.2 Å². The number of benzene rings is 1. The third-order valence-corrected chi connectivity index (χ3v) is 1.87. The van der Waals surface area contributed by atoms with E-state index in [9.17, 15) is 13.6 Å². The van der Waals surface area contributed by atoms with Gasteiger partial charge in [0.2, 0.25) is 0 Å². The van der Waals surface area contributed by atoms with Gasteiger partial charge in [-0.05, 0) is 30.2 Å². The summed E-state index contributed by atoms with van der Waals surface area (Å²) < 4.78 is 28.2. The molecule has 4 nitrogen and oxygen atoms in total. The Morgan fingerprint density at radius 3 is 2.69 bits per heavy atom. The summed E-state index contributed by atoms with van der Waals surface area (Å²) in [6.45, 7) is -2.98. The molecule has 0 unspecified atom stereocenters. The van der Waals surface area contributed by atoms with Gasteiger partial charge in [-0.2, -0.15) is 8.78 Å². The Balaban J connectivity index is 2.84. The van der Waals surface area contributed by atoms with E-state index in [0.717, 1.165) is 0 Å². The lowest BCUT2D eigenvalue weighted by atomic mass is 10.1. The first kappa shape index (κ1) is 12.2. The van der Waals surface area contributed by atoms with E-state index in [4.69, 9.17) is 10.2 Å². The molecule has 6 heteroatoms. The Hall–Kier alpha value is -1.85. The van der Waals surface area contributed by atoms with Crippen molar-refractivity contribution >= 4 is 5.97 Å². The highest BCUT2D eigenvalue weighted by Crippen LogP contribution is 2.26. The summed E-state index contributed by atoms with van der Waals surface area (Å²) in [6, 6.07) is 3.58. The van der Waals surface area contributed by atoms with Crippen molar-refractivity contribution in [2.75, 3.05) is 0 Å². The summed E-state index contributed by atoms with van der Waals surface area (Å²) in [5.74, 6) is -1.29. The van der Waals surface area contributed by atoms with Crippen molar-refractivity contribution < 1.29 is 28.5 Å². The summed E-state index contributed by atoms with van der Waals surface area (Å²) in [5.41, 5.74) is 0.239. The van der Waals surface area contributed by atoms with E-state index in [1.54, 1.807) is 0 Å². The molecule has 0 atom stereocenters. The van der Waals surface area contributed by atoms with Gasteiger partial charge in [-0.3, -0.25) is 4.79 Å². The van der Waals surface area contributed by atoms with Crippen LogP contribution >= 0.6 is 0 Å². The highest BCUT2D eigenvalue weighted by molar-refractivity contribution is 5.67. The molecule has 0 radical (unpaired) electrons. The number of phenols is 1. The van der Waals surface area contributed by atoms with Gasteiger partial charge in [0.25, 0.3) is 0 Å². The van der Waals surface area contributed by atoms with Crippen molar-refractivity contribution in [2.45, 2.75) is 19.5 Å². The second kappa shape index (κ2) is 5.29. The number of carbonyl (C=O) groups is 1. The SMILES string of the molecule is O=C(O)CCc1cc(O)ccc1OC(F)F. The van der Waals surface area contributed by atoms with E-state index in [-0.39, 0.29) is 29.9 Å². The van der Waals surface area contributed by atoms with E-state index in [1.807, 2.05) is 0 Å². The smallest absolute Gasteiger partial charge is 0.387 e. The first-order chi connectivity index (χ1) is 7.49. The van der Waals surface area contributed by atoms with Gasteiger partial charge in [0.05, 0.1) is 0 Å². The molecular formula is C10H10F2O4. The maximum Gasteiger partial charge on any atom is 0.387 e. The fourth-order valence-corrected chi connectivity index (χ4v) is 1.21. The third-order valence-electron chi connectivity index (χ3n) is 1.87. The molecule has 0 spiro atoms. The van der Waals surface area contributed by atoms with Gasteiger partial charge in [-0.1, -0.05) is 0 Å². The van der Waals surface area contributed by atoms with E-state index in [0.29, 0.717) is 0 Å². The molecule has 88 valence electrons. The van der Waals surface area contributed by atoms with E-state index < -0.39 is 12.6 Å². The molecular weight excluding hydrogens is 222 g/mol. The van der Waals surface area contributed by atoms with Gasteiger partial charge in [-0.15, -0.1) is 0 Å². The maximum absolute atomic E-state index is 12.0.